The zero-order valence-electron chi connectivity index (χ0n) is 10.6. The smallest absolute Gasteiger partial charge is 0.218 e. The van der Waals surface area contributed by atoms with Crippen molar-refractivity contribution in [2.75, 3.05) is 25.6 Å². The Labute approximate surface area is 102 Å². The fourth-order valence-corrected chi connectivity index (χ4v) is 2.02. The summed E-state index contributed by atoms with van der Waals surface area (Å²) < 4.78 is 10.5. The van der Waals surface area contributed by atoms with E-state index in [4.69, 9.17) is 9.47 Å². The van der Waals surface area contributed by atoms with Gasteiger partial charge in [0.15, 0.2) is 0 Å². The molecule has 0 radical (unpaired) electrons. The van der Waals surface area contributed by atoms with Crippen molar-refractivity contribution in [3.05, 3.63) is 11.9 Å². The molecule has 1 aliphatic rings. The maximum atomic E-state index is 5.39. The molecule has 0 aromatic carbocycles. The molecule has 1 N–H and O–H groups in total. The molecule has 0 bridgehead atoms. The van der Waals surface area contributed by atoms with Gasteiger partial charge < -0.3 is 14.8 Å². The third-order valence-corrected chi connectivity index (χ3v) is 3.07. The van der Waals surface area contributed by atoms with E-state index < -0.39 is 0 Å². The summed E-state index contributed by atoms with van der Waals surface area (Å²) in [7, 11) is 1.61. The molecule has 17 heavy (non-hydrogen) atoms. The summed E-state index contributed by atoms with van der Waals surface area (Å²) in [6.45, 7) is 5.71. The zero-order valence-corrected chi connectivity index (χ0v) is 10.6. The highest BCUT2D eigenvalue weighted by molar-refractivity contribution is 5.39. The number of nitrogens with one attached hydrogen (secondary N) is 1. The molecule has 2 rings (SSSR count). The summed E-state index contributed by atoms with van der Waals surface area (Å²) in [5, 5.41) is 3.39. The molecular formula is C12H19N3O2. The molecule has 2 atom stereocenters. The Bertz CT molecular complexity index is 378. The molecule has 1 aliphatic heterocycles. The standard InChI is InChI=1S/C12H19N3O2/c1-8(10-4-5-17-7-10)13-11-6-12(16-3)15-9(2)14-11/h6,8,10H,4-5,7H2,1-3H3,(H,13,14,15). The highest BCUT2D eigenvalue weighted by Crippen LogP contribution is 2.20. The summed E-state index contributed by atoms with van der Waals surface area (Å²) in [6, 6.07) is 2.16. The lowest BCUT2D eigenvalue weighted by molar-refractivity contribution is 0.183. The van der Waals surface area contributed by atoms with Gasteiger partial charge in [-0.25, -0.2) is 4.98 Å². The SMILES string of the molecule is COc1cc(NC(C)C2CCOC2)nc(C)n1. The van der Waals surface area contributed by atoms with Crippen LogP contribution in [0, 0.1) is 12.8 Å². The van der Waals surface area contributed by atoms with Gasteiger partial charge in [0.1, 0.15) is 11.6 Å². The first-order valence-corrected chi connectivity index (χ1v) is 5.93. The second kappa shape index (κ2) is 5.31. The van der Waals surface area contributed by atoms with Crippen LogP contribution in [0.3, 0.4) is 0 Å². The van der Waals surface area contributed by atoms with Crippen molar-refractivity contribution in [3.63, 3.8) is 0 Å². The number of nitrogens with zero attached hydrogens (tertiary/aromatic N) is 2. The van der Waals surface area contributed by atoms with Gasteiger partial charge in [-0.1, -0.05) is 0 Å². The average Bonchev–Trinajstić information content (AvgIpc) is 2.81. The number of hydrogen-bond donors (Lipinski definition) is 1. The fraction of sp³-hybridized carbons (Fsp3) is 0.667. The van der Waals surface area contributed by atoms with Crippen molar-refractivity contribution in [1.82, 2.24) is 9.97 Å². The van der Waals surface area contributed by atoms with Crippen LogP contribution >= 0.6 is 0 Å². The Morgan fingerprint density at radius 1 is 1.53 bits per heavy atom. The highest BCUT2D eigenvalue weighted by atomic mass is 16.5. The summed E-state index contributed by atoms with van der Waals surface area (Å²) in [4.78, 5) is 8.51. The monoisotopic (exact) mass is 237 g/mol. The van der Waals surface area contributed by atoms with Crippen LogP contribution in [0.15, 0.2) is 6.07 Å². The summed E-state index contributed by atoms with van der Waals surface area (Å²) in [5.41, 5.74) is 0. The fourth-order valence-electron chi connectivity index (χ4n) is 2.02. The zero-order chi connectivity index (χ0) is 12.3. The van der Waals surface area contributed by atoms with Crippen LogP contribution in [0.25, 0.3) is 0 Å². The van der Waals surface area contributed by atoms with Gasteiger partial charge in [0, 0.05) is 24.6 Å². The number of ether oxygens (including phenoxy) is 2. The largest absolute Gasteiger partial charge is 0.481 e. The first kappa shape index (κ1) is 12.1. The third kappa shape index (κ3) is 3.06. The average molecular weight is 237 g/mol. The van der Waals surface area contributed by atoms with Crippen molar-refractivity contribution in [1.29, 1.82) is 0 Å². The molecule has 5 nitrogen and oxygen atoms in total. The van der Waals surface area contributed by atoms with Crippen LogP contribution in [0.4, 0.5) is 5.82 Å². The summed E-state index contributed by atoms with van der Waals surface area (Å²) in [5.74, 6) is 2.67. The lowest BCUT2D eigenvalue weighted by atomic mass is 10.0. The number of rotatable bonds is 4. The minimum Gasteiger partial charge on any atom is -0.481 e. The van der Waals surface area contributed by atoms with Gasteiger partial charge >= 0.3 is 0 Å². The quantitative estimate of drug-likeness (QED) is 0.862. The second-order valence-electron chi connectivity index (χ2n) is 4.40. The molecule has 0 saturated carbocycles. The Balaban J connectivity index is 2.04. The van der Waals surface area contributed by atoms with E-state index in [2.05, 4.69) is 22.2 Å². The normalized spacial score (nSPS) is 21.2. The van der Waals surface area contributed by atoms with Gasteiger partial charge in [0.2, 0.25) is 5.88 Å². The maximum Gasteiger partial charge on any atom is 0.218 e. The van der Waals surface area contributed by atoms with Gasteiger partial charge in [-0.05, 0) is 20.3 Å². The highest BCUT2D eigenvalue weighted by Gasteiger charge is 2.22. The Morgan fingerprint density at radius 2 is 2.35 bits per heavy atom. The van der Waals surface area contributed by atoms with E-state index >= 15 is 0 Å². The molecule has 1 saturated heterocycles. The second-order valence-corrected chi connectivity index (χ2v) is 4.40. The van der Waals surface area contributed by atoms with Crippen molar-refractivity contribution in [2.45, 2.75) is 26.3 Å². The van der Waals surface area contributed by atoms with E-state index in [9.17, 15) is 0 Å². The Kier molecular flexibility index (Phi) is 3.78. The molecule has 2 heterocycles. The van der Waals surface area contributed by atoms with Crippen LogP contribution in [-0.2, 0) is 4.74 Å². The van der Waals surface area contributed by atoms with Crippen LogP contribution in [0.1, 0.15) is 19.2 Å². The molecule has 94 valence electrons. The van der Waals surface area contributed by atoms with E-state index in [-0.39, 0.29) is 0 Å². The van der Waals surface area contributed by atoms with Crippen molar-refractivity contribution >= 4 is 5.82 Å². The molecule has 0 aliphatic carbocycles. The molecule has 2 unspecified atom stereocenters. The number of aromatic nitrogens is 2. The van der Waals surface area contributed by atoms with Crippen molar-refractivity contribution in [2.24, 2.45) is 5.92 Å². The van der Waals surface area contributed by atoms with E-state index in [0.29, 0.717) is 23.7 Å². The van der Waals surface area contributed by atoms with E-state index in [1.807, 2.05) is 13.0 Å². The third-order valence-electron chi connectivity index (χ3n) is 3.07. The number of methoxy groups -OCH3 is 1. The van der Waals surface area contributed by atoms with Crippen LogP contribution in [0.5, 0.6) is 5.88 Å². The molecular weight excluding hydrogens is 218 g/mol. The van der Waals surface area contributed by atoms with Crippen LogP contribution in [-0.4, -0.2) is 36.3 Å². The minimum absolute atomic E-state index is 0.344. The Hall–Kier alpha value is -1.36. The Morgan fingerprint density at radius 3 is 3.00 bits per heavy atom. The van der Waals surface area contributed by atoms with Crippen LogP contribution in [0.2, 0.25) is 0 Å². The van der Waals surface area contributed by atoms with Gasteiger partial charge in [-0.2, -0.15) is 4.98 Å². The molecule has 1 fully saturated rings. The van der Waals surface area contributed by atoms with E-state index in [1.54, 1.807) is 7.11 Å². The molecule has 1 aromatic heterocycles. The maximum absolute atomic E-state index is 5.39. The first-order valence-electron chi connectivity index (χ1n) is 5.93. The summed E-state index contributed by atoms with van der Waals surface area (Å²) in [6.07, 6.45) is 1.11. The van der Waals surface area contributed by atoms with Crippen molar-refractivity contribution in [3.8, 4) is 5.88 Å². The lowest BCUT2D eigenvalue weighted by Gasteiger charge is -2.20. The van der Waals surface area contributed by atoms with Gasteiger partial charge in [0.25, 0.3) is 0 Å². The summed E-state index contributed by atoms with van der Waals surface area (Å²) >= 11 is 0. The molecule has 1 aromatic rings. The topological polar surface area (TPSA) is 56.3 Å². The number of anilines is 1. The molecule has 0 spiro atoms. The van der Waals surface area contributed by atoms with E-state index in [0.717, 1.165) is 25.5 Å². The van der Waals surface area contributed by atoms with Gasteiger partial charge in [0.05, 0.1) is 13.7 Å². The lowest BCUT2D eigenvalue weighted by Crippen LogP contribution is -2.26. The number of hydrogen-bond acceptors (Lipinski definition) is 5. The minimum atomic E-state index is 0.344. The molecule has 5 heteroatoms. The predicted molar refractivity (Wildman–Crippen MR) is 65.3 cm³/mol. The molecule has 0 amide bonds. The van der Waals surface area contributed by atoms with Gasteiger partial charge in [-0.3, -0.25) is 0 Å². The number of aryl methyl sites for hydroxylation is 1. The van der Waals surface area contributed by atoms with Gasteiger partial charge in [-0.15, -0.1) is 0 Å². The van der Waals surface area contributed by atoms with Crippen molar-refractivity contribution < 1.29 is 9.47 Å². The van der Waals surface area contributed by atoms with E-state index in [1.165, 1.54) is 0 Å². The predicted octanol–water partition coefficient (Wildman–Crippen LogP) is 1.63. The van der Waals surface area contributed by atoms with Crippen LogP contribution < -0.4 is 10.1 Å². The first-order chi connectivity index (χ1) is 8.19.